The van der Waals surface area contributed by atoms with Crippen LogP contribution in [0.4, 0.5) is 4.39 Å². The minimum absolute atomic E-state index is 0.189. The molecule has 0 saturated heterocycles. The molecule has 110 valence electrons. The van der Waals surface area contributed by atoms with E-state index < -0.39 is 5.97 Å². The van der Waals surface area contributed by atoms with Gasteiger partial charge in [-0.05, 0) is 30.3 Å². The van der Waals surface area contributed by atoms with Crippen molar-refractivity contribution in [2.45, 2.75) is 36.1 Å². The third-order valence-corrected chi connectivity index (χ3v) is 3.74. The summed E-state index contributed by atoms with van der Waals surface area (Å²) in [6, 6.07) is 9.23. The highest BCUT2D eigenvalue weighted by Gasteiger charge is 2.19. The van der Waals surface area contributed by atoms with Crippen molar-refractivity contribution in [2.24, 2.45) is 0 Å². The van der Waals surface area contributed by atoms with Crippen LogP contribution in [0.5, 0.6) is 0 Å². The molecule has 21 heavy (non-hydrogen) atoms. The van der Waals surface area contributed by atoms with Gasteiger partial charge in [-0.25, -0.2) is 14.2 Å². The van der Waals surface area contributed by atoms with Gasteiger partial charge < -0.3 is 5.11 Å². The van der Waals surface area contributed by atoms with Crippen molar-refractivity contribution >= 4 is 17.7 Å². The van der Waals surface area contributed by atoms with Crippen LogP contribution in [0.2, 0.25) is 0 Å². The van der Waals surface area contributed by atoms with Gasteiger partial charge in [-0.15, -0.1) is 0 Å². The molecule has 0 amide bonds. The normalized spacial score (nSPS) is 11.4. The molecule has 0 aliphatic heterocycles. The summed E-state index contributed by atoms with van der Waals surface area (Å²) < 4.78 is 13.2. The van der Waals surface area contributed by atoms with Crippen LogP contribution in [-0.4, -0.2) is 16.1 Å². The Morgan fingerprint density at radius 1 is 1.24 bits per heavy atom. The van der Waals surface area contributed by atoms with E-state index in [4.69, 9.17) is 0 Å². The number of hydrogen-bond acceptors (Lipinski definition) is 3. The summed E-state index contributed by atoms with van der Waals surface area (Å²) in [5.74, 6) is -1.32. The molecule has 0 bridgehead atoms. The van der Waals surface area contributed by atoms with Gasteiger partial charge >= 0.3 is 5.97 Å². The van der Waals surface area contributed by atoms with E-state index in [1.54, 1.807) is 18.2 Å². The van der Waals surface area contributed by atoms with Gasteiger partial charge in [0.15, 0.2) is 0 Å². The molecule has 1 aromatic carbocycles. The van der Waals surface area contributed by atoms with Crippen LogP contribution < -0.4 is 0 Å². The Morgan fingerprint density at radius 2 is 1.95 bits per heavy atom. The van der Waals surface area contributed by atoms with Crippen LogP contribution in [0, 0.1) is 5.82 Å². The van der Waals surface area contributed by atoms with Gasteiger partial charge in [0, 0.05) is 16.0 Å². The minimum Gasteiger partial charge on any atom is -0.478 e. The number of carboxylic acids is 1. The van der Waals surface area contributed by atoms with Crippen molar-refractivity contribution in [3.8, 4) is 0 Å². The van der Waals surface area contributed by atoms with Gasteiger partial charge in [0.1, 0.15) is 10.8 Å². The van der Waals surface area contributed by atoms with Crippen LogP contribution in [0.3, 0.4) is 0 Å². The molecule has 0 radical (unpaired) electrons. The Bertz CT molecular complexity index is 680. The minimum atomic E-state index is -0.996. The van der Waals surface area contributed by atoms with E-state index in [9.17, 15) is 14.3 Å². The van der Waals surface area contributed by atoms with Crippen molar-refractivity contribution < 1.29 is 14.3 Å². The van der Waals surface area contributed by atoms with E-state index in [2.05, 4.69) is 4.98 Å². The predicted molar refractivity (Wildman–Crippen MR) is 80.4 cm³/mol. The second-order valence-electron chi connectivity index (χ2n) is 5.69. The maximum absolute atomic E-state index is 13.2. The van der Waals surface area contributed by atoms with Crippen LogP contribution in [-0.2, 0) is 5.41 Å². The van der Waals surface area contributed by atoms with E-state index in [0.29, 0.717) is 15.6 Å². The van der Waals surface area contributed by atoms with E-state index >= 15 is 0 Å². The Morgan fingerprint density at radius 3 is 2.52 bits per heavy atom. The molecule has 2 aromatic rings. The van der Waals surface area contributed by atoms with Crippen molar-refractivity contribution in [1.82, 2.24) is 4.98 Å². The zero-order valence-corrected chi connectivity index (χ0v) is 12.9. The first kappa shape index (κ1) is 15.5. The number of nitrogens with zero attached hydrogens (tertiary/aromatic N) is 1. The molecule has 0 unspecified atom stereocenters. The number of carbonyl (C=O) groups is 1. The Hall–Kier alpha value is -1.88. The monoisotopic (exact) mass is 305 g/mol. The van der Waals surface area contributed by atoms with Crippen molar-refractivity contribution in [1.29, 1.82) is 0 Å². The van der Waals surface area contributed by atoms with E-state index in [0.717, 1.165) is 0 Å². The third-order valence-electron chi connectivity index (χ3n) is 2.84. The number of pyridine rings is 1. The summed E-state index contributed by atoms with van der Waals surface area (Å²) in [7, 11) is 0. The number of aromatic nitrogens is 1. The molecule has 1 N–H and O–H groups in total. The van der Waals surface area contributed by atoms with E-state index in [1.165, 1.54) is 30.0 Å². The molecule has 0 spiro atoms. The fourth-order valence-corrected chi connectivity index (χ4v) is 2.61. The van der Waals surface area contributed by atoms with Crippen molar-refractivity contribution in [2.75, 3.05) is 0 Å². The average molecular weight is 305 g/mol. The highest BCUT2D eigenvalue weighted by atomic mass is 32.2. The number of benzene rings is 1. The molecule has 1 aromatic heterocycles. The van der Waals surface area contributed by atoms with E-state index in [-0.39, 0.29) is 16.8 Å². The molecular weight excluding hydrogens is 289 g/mol. The summed E-state index contributed by atoms with van der Waals surface area (Å²) >= 11 is 1.25. The SMILES string of the molecule is CC(C)(C)c1cc(C(=O)O)cc(Sc2cccc(F)c2)n1. The fraction of sp³-hybridized carbons (Fsp3) is 0.250. The molecule has 3 nitrogen and oxygen atoms in total. The van der Waals surface area contributed by atoms with Gasteiger partial charge in [0.2, 0.25) is 0 Å². The Kier molecular flexibility index (Phi) is 4.32. The largest absolute Gasteiger partial charge is 0.478 e. The van der Waals surface area contributed by atoms with Crippen molar-refractivity contribution in [3.63, 3.8) is 0 Å². The zero-order chi connectivity index (χ0) is 15.6. The molecule has 1 heterocycles. The standard InChI is InChI=1S/C16H16FNO2S/c1-16(2,3)13-7-10(15(19)20)8-14(18-13)21-12-6-4-5-11(17)9-12/h4-9H,1-3H3,(H,19,20). The lowest BCUT2D eigenvalue weighted by atomic mass is 9.91. The maximum atomic E-state index is 13.2. The summed E-state index contributed by atoms with van der Waals surface area (Å²) in [5.41, 5.74) is 0.623. The zero-order valence-electron chi connectivity index (χ0n) is 12.1. The average Bonchev–Trinajstić information content (AvgIpc) is 2.37. The van der Waals surface area contributed by atoms with Gasteiger partial charge in [-0.2, -0.15) is 0 Å². The van der Waals surface area contributed by atoms with Crippen molar-refractivity contribution in [3.05, 3.63) is 53.5 Å². The lowest BCUT2D eigenvalue weighted by Crippen LogP contribution is -2.15. The molecule has 5 heteroatoms. The van der Waals surface area contributed by atoms with Gasteiger partial charge in [-0.1, -0.05) is 38.6 Å². The first-order valence-corrected chi connectivity index (χ1v) is 7.26. The van der Waals surface area contributed by atoms with E-state index in [1.807, 2.05) is 20.8 Å². The van der Waals surface area contributed by atoms with Gasteiger partial charge in [0.25, 0.3) is 0 Å². The summed E-state index contributed by atoms with van der Waals surface area (Å²) in [6.07, 6.45) is 0. The molecule has 2 rings (SSSR count). The first-order chi connectivity index (χ1) is 9.75. The van der Waals surface area contributed by atoms with Crippen LogP contribution >= 0.6 is 11.8 Å². The molecule has 0 aliphatic carbocycles. The quantitative estimate of drug-likeness (QED) is 0.915. The smallest absolute Gasteiger partial charge is 0.335 e. The maximum Gasteiger partial charge on any atom is 0.335 e. The summed E-state index contributed by atoms with van der Waals surface area (Å²) in [5, 5.41) is 9.76. The van der Waals surface area contributed by atoms with Crippen LogP contribution in [0.25, 0.3) is 0 Å². The predicted octanol–water partition coefficient (Wildman–Crippen LogP) is 4.37. The number of hydrogen-bond donors (Lipinski definition) is 1. The number of carboxylic acid groups (broad SMARTS) is 1. The molecule has 0 aliphatic rings. The number of aromatic carboxylic acids is 1. The fourth-order valence-electron chi connectivity index (χ4n) is 1.72. The van der Waals surface area contributed by atoms with Crippen LogP contribution in [0.15, 0.2) is 46.3 Å². The van der Waals surface area contributed by atoms with Crippen LogP contribution in [0.1, 0.15) is 36.8 Å². The molecule has 0 saturated carbocycles. The second-order valence-corrected chi connectivity index (χ2v) is 6.79. The number of halogens is 1. The molecular formula is C16H16FNO2S. The number of rotatable bonds is 3. The summed E-state index contributed by atoms with van der Waals surface area (Å²) in [4.78, 5) is 16.4. The topological polar surface area (TPSA) is 50.2 Å². The lowest BCUT2D eigenvalue weighted by Gasteiger charge is -2.19. The first-order valence-electron chi connectivity index (χ1n) is 6.45. The highest BCUT2D eigenvalue weighted by Crippen LogP contribution is 2.30. The third kappa shape index (κ3) is 4.04. The highest BCUT2D eigenvalue weighted by molar-refractivity contribution is 7.99. The Labute approximate surface area is 127 Å². The molecule has 0 atom stereocenters. The summed E-state index contributed by atoms with van der Waals surface area (Å²) in [6.45, 7) is 5.91. The molecule has 0 fully saturated rings. The second kappa shape index (κ2) is 5.85. The van der Waals surface area contributed by atoms with Gasteiger partial charge in [0.05, 0.1) is 5.56 Å². The lowest BCUT2D eigenvalue weighted by molar-refractivity contribution is 0.0696. The van der Waals surface area contributed by atoms with Gasteiger partial charge in [-0.3, -0.25) is 0 Å². The Balaban J connectivity index is 2.43.